The van der Waals surface area contributed by atoms with Gasteiger partial charge in [-0.3, -0.25) is 0 Å². The van der Waals surface area contributed by atoms with Crippen LogP contribution in [0, 0.1) is 0 Å². The first kappa shape index (κ1) is 48.7. The van der Waals surface area contributed by atoms with E-state index in [4.69, 9.17) is 11.6 Å². The first-order chi connectivity index (χ1) is 38.4. The molecule has 0 fully saturated rings. The molecular weight excluding hydrogens is 971 g/mol. The Morgan fingerprint density at radius 3 is 1.32 bits per heavy atom. The summed E-state index contributed by atoms with van der Waals surface area (Å²) in [5, 5.41) is 29.7. The fraction of sp³-hybridized carbons (Fsp3) is 0.0556. The van der Waals surface area contributed by atoms with E-state index >= 15 is 0 Å². The minimum absolute atomic E-state index is 0.503. The second kappa shape index (κ2) is 20.5. The van der Waals surface area contributed by atoms with Gasteiger partial charge in [-0.2, -0.15) is 0 Å². The number of benzene rings is 12. The number of halogens is 1. The Labute approximate surface area is 459 Å². The van der Waals surface area contributed by atoms with Gasteiger partial charge in [0, 0.05) is 37.9 Å². The predicted molar refractivity (Wildman–Crippen MR) is 331 cm³/mol. The lowest BCUT2D eigenvalue weighted by molar-refractivity contribution is 0.426. The van der Waals surface area contributed by atoms with E-state index in [0.717, 1.165) is 45.4 Å². The zero-order valence-electron chi connectivity index (χ0n) is 43.4. The average molecular weight is 1030 g/mol. The van der Waals surface area contributed by atoms with Gasteiger partial charge in [-0.25, -0.2) is 0 Å². The van der Waals surface area contributed by atoms with E-state index in [9.17, 15) is 10.0 Å². The molecule has 4 nitrogen and oxygen atoms in total. The van der Waals surface area contributed by atoms with E-state index < -0.39 is 7.12 Å². The Hall–Kier alpha value is -8.97. The van der Waals surface area contributed by atoms with Crippen molar-refractivity contribution in [3.05, 3.63) is 282 Å². The topological polar surface area (TPSA) is 50.3 Å². The fourth-order valence-corrected chi connectivity index (χ4v) is 12.3. The van der Waals surface area contributed by atoms with Gasteiger partial charge >= 0.3 is 7.12 Å². The van der Waals surface area contributed by atoms with Crippen LogP contribution in [-0.2, 0) is 12.8 Å². The number of aromatic nitrogens is 2. The first-order valence-electron chi connectivity index (χ1n) is 26.9. The summed E-state index contributed by atoms with van der Waals surface area (Å²) in [4.78, 5) is 0. The van der Waals surface area contributed by atoms with E-state index in [2.05, 4.69) is 209 Å². The van der Waals surface area contributed by atoms with Crippen LogP contribution in [0.1, 0.15) is 36.1 Å². The molecule has 0 bridgehead atoms. The van der Waals surface area contributed by atoms with E-state index in [-0.39, 0.29) is 0 Å². The zero-order valence-corrected chi connectivity index (χ0v) is 44.2. The maximum atomic E-state index is 9.43. The van der Waals surface area contributed by atoms with Crippen molar-refractivity contribution >= 4 is 89.3 Å². The van der Waals surface area contributed by atoms with Crippen LogP contribution in [-0.4, -0.2) is 26.3 Å². The number of rotatable bonds is 4. The number of fused-ring (bicyclic) bond motifs is 16. The largest absolute Gasteiger partial charge is 0.488 e. The molecule has 0 saturated carbocycles. The quantitative estimate of drug-likeness (QED) is 0.173. The molecule has 14 aromatic rings. The highest BCUT2D eigenvalue weighted by Gasteiger charge is 2.23. The van der Waals surface area contributed by atoms with Gasteiger partial charge in [-0.05, 0) is 162 Å². The standard InChI is InChI=1S/C35H23N.C18H14BNO2.C17H11Cl.C2H6/c1-2-9-28(10-3-1)36-33-13-7-6-12-31(33)32-22-25(17-19-34(32)36)24-16-18-30-27(20-24)21-26-15-14-23-8-4-5-11-29(23)35(26)30;21-19(22)13-10-11-18-16(12-13)15-8-4-5-9-17(15)20(18)14-6-2-1-3-7-14;18-14-7-8-16-13(10-14)9-12-6-5-11-3-1-2-4-15(11)17(12)16;1-2/h1-20,22H,21H2;1-12,21-22H;1-8,10H,9H2;1-2H3. The fourth-order valence-electron chi connectivity index (χ4n) is 12.1. The second-order valence-corrected chi connectivity index (χ2v) is 20.4. The number of hydrogen-bond donors (Lipinski definition) is 2. The van der Waals surface area contributed by atoms with Crippen molar-refractivity contribution in [3.8, 4) is 44.8 Å². The molecule has 374 valence electrons. The lowest BCUT2D eigenvalue weighted by Crippen LogP contribution is -2.29. The molecule has 0 saturated heterocycles. The van der Waals surface area contributed by atoms with Crippen molar-refractivity contribution < 1.29 is 10.0 Å². The molecule has 0 unspecified atom stereocenters. The van der Waals surface area contributed by atoms with E-state index in [1.165, 1.54) is 105 Å². The molecule has 0 atom stereocenters. The lowest BCUT2D eigenvalue weighted by atomic mass is 9.80. The molecule has 16 rings (SSSR count). The molecule has 0 aliphatic heterocycles. The number of hydrogen-bond acceptors (Lipinski definition) is 2. The Morgan fingerprint density at radius 1 is 0.346 bits per heavy atom. The minimum Gasteiger partial charge on any atom is -0.423 e. The maximum absolute atomic E-state index is 9.43. The van der Waals surface area contributed by atoms with Crippen LogP contribution >= 0.6 is 11.6 Å². The van der Waals surface area contributed by atoms with Crippen LogP contribution in [0.3, 0.4) is 0 Å². The molecular formula is C72H54BClN2O2. The van der Waals surface area contributed by atoms with Gasteiger partial charge in [-0.1, -0.05) is 214 Å². The number of para-hydroxylation sites is 4. The lowest BCUT2D eigenvalue weighted by Gasteiger charge is -2.09. The zero-order chi connectivity index (χ0) is 52.9. The third-order valence-electron chi connectivity index (χ3n) is 15.5. The Bertz CT molecular complexity index is 4580. The summed E-state index contributed by atoms with van der Waals surface area (Å²) in [7, 11) is -1.46. The molecule has 78 heavy (non-hydrogen) atoms. The third kappa shape index (κ3) is 8.54. The maximum Gasteiger partial charge on any atom is 0.488 e. The van der Waals surface area contributed by atoms with Gasteiger partial charge in [0.25, 0.3) is 0 Å². The molecule has 0 amide bonds. The van der Waals surface area contributed by atoms with Crippen LogP contribution < -0.4 is 5.46 Å². The molecule has 6 heteroatoms. The summed E-state index contributed by atoms with van der Waals surface area (Å²) in [6.07, 6.45) is 2.00. The highest BCUT2D eigenvalue weighted by molar-refractivity contribution is 6.59. The molecule has 2 aliphatic carbocycles. The Balaban J connectivity index is 0.000000118. The van der Waals surface area contributed by atoms with Gasteiger partial charge in [0.2, 0.25) is 0 Å². The molecule has 12 aromatic carbocycles. The van der Waals surface area contributed by atoms with Crippen LogP contribution in [0.4, 0.5) is 0 Å². The Kier molecular flexibility index (Phi) is 12.8. The van der Waals surface area contributed by atoms with Gasteiger partial charge in [0.1, 0.15) is 0 Å². The van der Waals surface area contributed by atoms with E-state index in [1.54, 1.807) is 6.07 Å². The molecule has 2 N–H and O–H groups in total. The molecule has 0 radical (unpaired) electrons. The van der Waals surface area contributed by atoms with Crippen molar-refractivity contribution in [2.75, 3.05) is 0 Å². The SMILES string of the molecule is CC.Clc1ccc2c(c1)Cc1ccc3ccccc3c1-2.OB(O)c1ccc2c(c1)c1ccccc1n2-c1ccccc1.c1ccc(-n2c3ccccc3c3cc(-c4ccc5c(c4)Cc4ccc6ccccc6c4-5)ccc32)cc1. The monoisotopic (exact) mass is 1020 g/mol. The van der Waals surface area contributed by atoms with Crippen LogP contribution in [0.5, 0.6) is 0 Å². The summed E-state index contributed by atoms with van der Waals surface area (Å²) in [5.74, 6) is 0. The van der Waals surface area contributed by atoms with Crippen molar-refractivity contribution in [1.29, 1.82) is 0 Å². The summed E-state index contributed by atoms with van der Waals surface area (Å²) in [6, 6.07) is 89.8. The molecule has 2 heterocycles. The van der Waals surface area contributed by atoms with Crippen molar-refractivity contribution in [1.82, 2.24) is 9.13 Å². The van der Waals surface area contributed by atoms with Crippen LogP contribution in [0.15, 0.2) is 255 Å². The second-order valence-electron chi connectivity index (χ2n) is 19.9. The first-order valence-corrected chi connectivity index (χ1v) is 27.3. The van der Waals surface area contributed by atoms with Gasteiger partial charge in [0.05, 0.1) is 22.1 Å². The summed E-state index contributed by atoms with van der Waals surface area (Å²) in [6.45, 7) is 4.00. The number of nitrogens with zero attached hydrogens (tertiary/aromatic N) is 2. The Morgan fingerprint density at radius 2 is 0.769 bits per heavy atom. The highest BCUT2D eigenvalue weighted by atomic mass is 35.5. The van der Waals surface area contributed by atoms with Crippen LogP contribution in [0.2, 0.25) is 5.02 Å². The minimum atomic E-state index is -1.46. The molecule has 0 spiro atoms. The van der Waals surface area contributed by atoms with E-state index in [1.807, 2.05) is 62.4 Å². The van der Waals surface area contributed by atoms with Crippen molar-refractivity contribution in [3.63, 3.8) is 0 Å². The van der Waals surface area contributed by atoms with Crippen molar-refractivity contribution in [2.24, 2.45) is 0 Å². The summed E-state index contributed by atoms with van der Waals surface area (Å²) < 4.78 is 4.57. The highest BCUT2D eigenvalue weighted by Crippen LogP contribution is 2.45. The third-order valence-corrected chi connectivity index (χ3v) is 15.8. The normalized spacial score (nSPS) is 11.8. The summed E-state index contributed by atoms with van der Waals surface area (Å²) >= 11 is 6.08. The smallest absolute Gasteiger partial charge is 0.423 e. The van der Waals surface area contributed by atoms with Crippen molar-refractivity contribution in [2.45, 2.75) is 26.7 Å². The van der Waals surface area contributed by atoms with E-state index in [0.29, 0.717) is 5.46 Å². The predicted octanol–water partition coefficient (Wildman–Crippen LogP) is 17.7. The molecule has 2 aromatic heterocycles. The van der Waals surface area contributed by atoms with Gasteiger partial charge in [-0.15, -0.1) is 0 Å². The van der Waals surface area contributed by atoms with Gasteiger partial charge in [0.15, 0.2) is 0 Å². The average Bonchev–Trinajstić information content (AvgIpc) is 4.42. The van der Waals surface area contributed by atoms with Crippen LogP contribution in [0.25, 0.3) is 110 Å². The van der Waals surface area contributed by atoms with Gasteiger partial charge < -0.3 is 19.2 Å². The molecule has 2 aliphatic rings. The summed E-state index contributed by atoms with van der Waals surface area (Å²) in [5.41, 5.74) is 21.1.